The van der Waals surface area contributed by atoms with E-state index < -0.39 is 5.97 Å². The molecule has 0 N–H and O–H groups in total. The Morgan fingerprint density at radius 1 is 1.14 bits per heavy atom. The predicted molar refractivity (Wildman–Crippen MR) is 108 cm³/mol. The van der Waals surface area contributed by atoms with Gasteiger partial charge in [0.05, 0.1) is 29.4 Å². The number of hydrogen-bond donors (Lipinski definition) is 0. The largest absolute Gasteiger partial charge is 0.489 e. The van der Waals surface area contributed by atoms with Crippen LogP contribution in [0.3, 0.4) is 0 Å². The monoisotopic (exact) mass is 395 g/mol. The second kappa shape index (κ2) is 8.31. The first-order valence-electron chi connectivity index (χ1n) is 8.98. The highest BCUT2D eigenvalue weighted by Crippen LogP contribution is 2.38. The average Bonchev–Trinajstić information content (AvgIpc) is 2.96. The van der Waals surface area contributed by atoms with Crippen molar-refractivity contribution in [3.8, 4) is 11.5 Å². The van der Waals surface area contributed by atoms with E-state index in [1.54, 1.807) is 18.2 Å². The quantitative estimate of drug-likeness (QED) is 0.469. The van der Waals surface area contributed by atoms with Crippen LogP contribution in [0.2, 0.25) is 5.02 Å². The first kappa shape index (κ1) is 18.3. The van der Waals surface area contributed by atoms with E-state index in [-0.39, 0.29) is 6.61 Å². The van der Waals surface area contributed by atoms with Crippen LogP contribution < -0.4 is 9.47 Å². The summed E-state index contributed by atoms with van der Waals surface area (Å²) >= 11 is 6.26. The minimum absolute atomic E-state index is 0.0880. The molecule has 0 spiro atoms. The molecule has 2 aromatic carbocycles. The summed E-state index contributed by atoms with van der Waals surface area (Å²) in [6, 6.07) is 15.1. The predicted octanol–water partition coefficient (Wildman–Crippen LogP) is 4.81. The molecule has 1 aliphatic heterocycles. The van der Waals surface area contributed by atoms with E-state index in [1.807, 2.05) is 36.4 Å². The van der Waals surface area contributed by atoms with Crippen LogP contribution in [0.4, 0.5) is 0 Å². The zero-order valence-corrected chi connectivity index (χ0v) is 15.8. The number of nitrogens with zero attached hydrogens (tertiary/aromatic N) is 1. The Morgan fingerprint density at radius 3 is 2.93 bits per heavy atom. The molecule has 1 aliphatic rings. The van der Waals surface area contributed by atoms with Crippen LogP contribution in [0, 0.1) is 0 Å². The second-order valence-electron chi connectivity index (χ2n) is 6.33. The van der Waals surface area contributed by atoms with Crippen molar-refractivity contribution in [2.24, 2.45) is 0 Å². The molecular weight excluding hydrogens is 378 g/mol. The molecule has 2 heterocycles. The molecule has 0 aliphatic carbocycles. The minimum Gasteiger partial charge on any atom is -0.489 e. The van der Waals surface area contributed by atoms with Gasteiger partial charge < -0.3 is 14.2 Å². The first-order chi connectivity index (χ1) is 13.7. The number of ether oxygens (including phenoxy) is 3. The van der Waals surface area contributed by atoms with E-state index in [4.69, 9.17) is 25.8 Å². The van der Waals surface area contributed by atoms with Crippen molar-refractivity contribution in [3.63, 3.8) is 0 Å². The van der Waals surface area contributed by atoms with Crippen molar-refractivity contribution in [3.05, 3.63) is 70.9 Å². The highest BCUT2D eigenvalue weighted by atomic mass is 35.5. The Balaban J connectivity index is 1.40. The van der Waals surface area contributed by atoms with Gasteiger partial charge in [0.25, 0.3) is 0 Å². The zero-order valence-electron chi connectivity index (χ0n) is 15.1. The van der Waals surface area contributed by atoms with Gasteiger partial charge in [-0.3, -0.25) is 0 Å². The smallest absolute Gasteiger partial charge is 0.331 e. The number of esters is 1. The van der Waals surface area contributed by atoms with Crippen LogP contribution in [-0.2, 0) is 16.1 Å². The Bertz CT molecular complexity index is 1050. The van der Waals surface area contributed by atoms with Crippen molar-refractivity contribution < 1.29 is 19.0 Å². The molecule has 0 saturated carbocycles. The van der Waals surface area contributed by atoms with Gasteiger partial charge in [-0.25, -0.2) is 9.78 Å². The maximum Gasteiger partial charge on any atom is 0.331 e. The number of aromatic nitrogens is 1. The van der Waals surface area contributed by atoms with Crippen LogP contribution in [0.5, 0.6) is 11.5 Å². The molecule has 0 saturated heterocycles. The Morgan fingerprint density at radius 2 is 2.00 bits per heavy atom. The topological polar surface area (TPSA) is 57.7 Å². The van der Waals surface area contributed by atoms with Gasteiger partial charge in [-0.1, -0.05) is 35.9 Å². The Hall–Kier alpha value is -3.05. The molecule has 0 bridgehead atoms. The number of carbonyl (C=O) groups excluding carboxylic acids is 1. The molecular formula is C22H18ClNO4. The van der Waals surface area contributed by atoms with Crippen molar-refractivity contribution in [1.82, 2.24) is 4.98 Å². The average molecular weight is 396 g/mol. The maximum atomic E-state index is 12.1. The molecule has 6 heteroatoms. The number of pyridine rings is 1. The fourth-order valence-corrected chi connectivity index (χ4v) is 3.19. The third-order valence-corrected chi connectivity index (χ3v) is 4.53. The van der Waals surface area contributed by atoms with Crippen molar-refractivity contribution in [2.75, 3.05) is 13.2 Å². The summed E-state index contributed by atoms with van der Waals surface area (Å²) in [7, 11) is 0. The number of halogens is 1. The van der Waals surface area contributed by atoms with Crippen LogP contribution in [0.25, 0.3) is 17.0 Å². The lowest BCUT2D eigenvalue weighted by molar-refractivity contribution is -0.138. The summed E-state index contributed by atoms with van der Waals surface area (Å²) in [5, 5.41) is 1.50. The number of para-hydroxylation sites is 1. The van der Waals surface area contributed by atoms with Crippen LogP contribution in [0.15, 0.2) is 54.6 Å². The van der Waals surface area contributed by atoms with Crippen LogP contribution in [-0.4, -0.2) is 24.2 Å². The normalized spacial score (nSPS) is 13.5. The van der Waals surface area contributed by atoms with E-state index in [2.05, 4.69) is 4.98 Å². The summed E-state index contributed by atoms with van der Waals surface area (Å²) in [4.78, 5) is 16.5. The van der Waals surface area contributed by atoms with E-state index in [0.717, 1.165) is 22.9 Å². The third kappa shape index (κ3) is 4.26. The van der Waals surface area contributed by atoms with Gasteiger partial charge in [-0.15, -0.1) is 0 Å². The lowest BCUT2D eigenvalue weighted by Crippen LogP contribution is -2.02. The van der Waals surface area contributed by atoms with Crippen LogP contribution in [0.1, 0.15) is 17.7 Å². The Kier molecular flexibility index (Phi) is 5.44. The molecule has 0 amide bonds. The van der Waals surface area contributed by atoms with E-state index in [1.165, 1.54) is 6.08 Å². The molecule has 28 heavy (non-hydrogen) atoms. The standard InChI is InChI=1S/C22H18ClNO4/c23-18-12-15(13-20-22(18)27-11-3-10-26-20)14-28-21(25)9-8-17-7-6-16-4-1-2-5-19(16)24-17/h1-2,4-9,12-13H,3,10-11,14H2/b9-8+. The maximum absolute atomic E-state index is 12.1. The van der Waals surface area contributed by atoms with Gasteiger partial charge in [-0.2, -0.15) is 0 Å². The molecule has 3 aromatic rings. The third-order valence-electron chi connectivity index (χ3n) is 4.25. The number of fused-ring (bicyclic) bond motifs is 2. The summed E-state index contributed by atoms with van der Waals surface area (Å²) < 4.78 is 16.5. The highest BCUT2D eigenvalue weighted by molar-refractivity contribution is 6.32. The Labute approximate surface area is 167 Å². The first-order valence-corrected chi connectivity index (χ1v) is 9.35. The number of carbonyl (C=O) groups is 1. The molecule has 0 unspecified atom stereocenters. The summed E-state index contributed by atoms with van der Waals surface area (Å²) in [6.07, 6.45) is 3.79. The summed E-state index contributed by atoms with van der Waals surface area (Å²) in [6.45, 7) is 1.22. The van der Waals surface area contributed by atoms with E-state index >= 15 is 0 Å². The molecule has 0 fully saturated rings. The van der Waals surface area contributed by atoms with Gasteiger partial charge in [-0.05, 0) is 35.9 Å². The number of rotatable bonds is 4. The zero-order chi connectivity index (χ0) is 19.3. The van der Waals surface area contributed by atoms with Gasteiger partial charge in [0.1, 0.15) is 6.61 Å². The van der Waals surface area contributed by atoms with Gasteiger partial charge >= 0.3 is 5.97 Å². The molecule has 4 rings (SSSR count). The number of hydrogen-bond acceptors (Lipinski definition) is 5. The lowest BCUT2D eigenvalue weighted by Gasteiger charge is -2.11. The molecule has 0 atom stereocenters. The lowest BCUT2D eigenvalue weighted by atomic mass is 10.2. The highest BCUT2D eigenvalue weighted by Gasteiger charge is 2.16. The molecule has 5 nitrogen and oxygen atoms in total. The molecule has 142 valence electrons. The van der Waals surface area contributed by atoms with Gasteiger partial charge in [0.15, 0.2) is 11.5 Å². The van der Waals surface area contributed by atoms with E-state index in [0.29, 0.717) is 35.4 Å². The van der Waals surface area contributed by atoms with Crippen LogP contribution >= 0.6 is 11.6 Å². The summed E-state index contributed by atoms with van der Waals surface area (Å²) in [5.74, 6) is 0.654. The number of benzene rings is 2. The van der Waals surface area contributed by atoms with Crippen molar-refractivity contribution >= 4 is 34.5 Å². The fourth-order valence-electron chi connectivity index (χ4n) is 2.90. The van der Waals surface area contributed by atoms with Gasteiger partial charge in [0, 0.05) is 17.9 Å². The molecule has 0 radical (unpaired) electrons. The second-order valence-corrected chi connectivity index (χ2v) is 6.73. The SMILES string of the molecule is O=C(/C=C/c1ccc2ccccc2n1)OCc1cc(Cl)c2c(c1)OCCCO2. The summed E-state index contributed by atoms with van der Waals surface area (Å²) in [5.41, 5.74) is 2.30. The molecule has 1 aromatic heterocycles. The van der Waals surface area contributed by atoms with E-state index in [9.17, 15) is 4.79 Å². The van der Waals surface area contributed by atoms with Crippen molar-refractivity contribution in [2.45, 2.75) is 13.0 Å². The van der Waals surface area contributed by atoms with Crippen molar-refractivity contribution in [1.29, 1.82) is 0 Å². The van der Waals surface area contributed by atoms with Gasteiger partial charge in [0.2, 0.25) is 0 Å². The fraction of sp³-hybridized carbons (Fsp3) is 0.182. The minimum atomic E-state index is -0.460.